The van der Waals surface area contributed by atoms with Gasteiger partial charge in [-0.05, 0) is 18.2 Å². The van der Waals surface area contributed by atoms with E-state index in [2.05, 4.69) is 4.74 Å². The third kappa shape index (κ3) is 2.93. The number of ether oxygens (including phenoxy) is 1. The normalized spacial score (nSPS) is 11.3. The largest absolute Gasteiger partial charge is 0.424 e. The van der Waals surface area contributed by atoms with Crippen LogP contribution in [0.2, 0.25) is 0 Å². The number of halogens is 4. The van der Waals surface area contributed by atoms with Crippen molar-refractivity contribution in [3.63, 3.8) is 0 Å². The van der Waals surface area contributed by atoms with Gasteiger partial charge < -0.3 is 4.74 Å². The Kier molecular flexibility index (Phi) is 2.97. The van der Waals surface area contributed by atoms with E-state index in [4.69, 9.17) is 0 Å². The van der Waals surface area contributed by atoms with E-state index < -0.39 is 29.3 Å². The molecule has 1 aromatic carbocycles. The lowest BCUT2D eigenvalue weighted by molar-refractivity contribution is -0.138. The predicted molar refractivity (Wildman–Crippen MR) is 42.7 cm³/mol. The van der Waals surface area contributed by atoms with E-state index in [-0.39, 0.29) is 0 Å². The molecule has 0 radical (unpaired) electrons. The van der Waals surface area contributed by atoms with Gasteiger partial charge in [0.25, 0.3) is 0 Å². The molecule has 0 aliphatic heterocycles. The third-order valence-electron chi connectivity index (χ3n) is 1.51. The number of esters is 1. The fourth-order valence-corrected chi connectivity index (χ4v) is 0.913. The summed E-state index contributed by atoms with van der Waals surface area (Å²) in [5.74, 6) is -2.62. The third-order valence-corrected chi connectivity index (χ3v) is 1.51. The van der Waals surface area contributed by atoms with Crippen LogP contribution in [0.25, 0.3) is 0 Å². The first-order chi connectivity index (χ1) is 6.80. The van der Waals surface area contributed by atoms with Crippen molar-refractivity contribution in [2.24, 2.45) is 0 Å². The van der Waals surface area contributed by atoms with Crippen LogP contribution < -0.4 is 4.74 Å². The number of hydrogen-bond donors (Lipinski definition) is 0. The van der Waals surface area contributed by atoms with E-state index >= 15 is 0 Å². The summed E-state index contributed by atoms with van der Waals surface area (Å²) in [6, 6.07) is 1.61. The van der Waals surface area contributed by atoms with Gasteiger partial charge in [-0.3, -0.25) is 4.79 Å². The first kappa shape index (κ1) is 11.5. The Bertz CT molecular complexity index is 384. The molecular weight excluding hydrogens is 216 g/mol. The van der Waals surface area contributed by atoms with E-state index in [0.29, 0.717) is 18.2 Å². The van der Waals surface area contributed by atoms with E-state index in [1.54, 1.807) is 0 Å². The molecule has 2 nitrogen and oxygen atoms in total. The molecule has 82 valence electrons. The number of rotatable bonds is 1. The predicted octanol–water partition coefficient (Wildman–Crippen LogP) is 2.77. The molecule has 1 aromatic rings. The summed E-state index contributed by atoms with van der Waals surface area (Å²) in [6.45, 7) is 0.972. The molecule has 0 fully saturated rings. The van der Waals surface area contributed by atoms with Gasteiger partial charge in [0.05, 0.1) is 5.56 Å². The zero-order valence-electron chi connectivity index (χ0n) is 7.56. The number of benzene rings is 1. The minimum absolute atomic E-state index is 0.441. The maximum absolute atomic E-state index is 12.9. The molecule has 0 N–H and O–H groups in total. The molecule has 0 spiro atoms. The SMILES string of the molecule is CC(=O)Oc1cc(C(F)(F)F)ccc1F. The number of carbonyl (C=O) groups excluding carboxylic acids is 1. The summed E-state index contributed by atoms with van der Waals surface area (Å²) in [5.41, 5.74) is -1.07. The van der Waals surface area contributed by atoms with Gasteiger partial charge in [0, 0.05) is 6.92 Å². The van der Waals surface area contributed by atoms with Crippen molar-refractivity contribution in [1.29, 1.82) is 0 Å². The number of carbonyl (C=O) groups is 1. The van der Waals surface area contributed by atoms with Crippen molar-refractivity contribution in [2.75, 3.05) is 0 Å². The van der Waals surface area contributed by atoms with Crippen molar-refractivity contribution in [3.8, 4) is 5.75 Å². The molecule has 0 atom stereocenters. The Hall–Kier alpha value is -1.59. The van der Waals surface area contributed by atoms with Crippen LogP contribution in [0.3, 0.4) is 0 Å². The summed E-state index contributed by atoms with van der Waals surface area (Å²) in [4.78, 5) is 10.5. The van der Waals surface area contributed by atoms with Crippen LogP contribution in [0.1, 0.15) is 12.5 Å². The average Bonchev–Trinajstić information content (AvgIpc) is 2.06. The van der Waals surface area contributed by atoms with Crippen molar-refractivity contribution in [2.45, 2.75) is 13.1 Å². The topological polar surface area (TPSA) is 26.3 Å². The molecule has 0 heterocycles. The summed E-state index contributed by atoms with van der Waals surface area (Å²) >= 11 is 0. The monoisotopic (exact) mass is 222 g/mol. The Morgan fingerprint density at radius 2 is 1.93 bits per heavy atom. The standard InChI is InChI=1S/C9H6F4O2/c1-5(14)15-8-4-6(9(11,12)13)2-3-7(8)10/h2-4H,1H3. The van der Waals surface area contributed by atoms with E-state index in [9.17, 15) is 22.4 Å². The van der Waals surface area contributed by atoms with E-state index in [1.807, 2.05) is 0 Å². The van der Waals surface area contributed by atoms with Crippen molar-refractivity contribution in [1.82, 2.24) is 0 Å². The molecule has 15 heavy (non-hydrogen) atoms. The second-order valence-corrected chi connectivity index (χ2v) is 2.74. The van der Waals surface area contributed by atoms with Crippen LogP contribution in [0.4, 0.5) is 17.6 Å². The van der Waals surface area contributed by atoms with E-state index in [1.165, 1.54) is 0 Å². The molecule has 0 saturated carbocycles. The summed E-state index contributed by atoms with van der Waals surface area (Å²) in [7, 11) is 0. The van der Waals surface area contributed by atoms with Crippen molar-refractivity contribution < 1.29 is 27.1 Å². The van der Waals surface area contributed by atoms with Gasteiger partial charge in [-0.25, -0.2) is 4.39 Å². The van der Waals surface area contributed by atoms with Gasteiger partial charge in [0.2, 0.25) is 0 Å². The molecule has 0 bridgehead atoms. The second-order valence-electron chi connectivity index (χ2n) is 2.74. The number of hydrogen-bond acceptors (Lipinski definition) is 2. The molecule has 6 heteroatoms. The minimum atomic E-state index is -4.59. The van der Waals surface area contributed by atoms with Crippen LogP contribution in [-0.4, -0.2) is 5.97 Å². The van der Waals surface area contributed by atoms with Crippen LogP contribution >= 0.6 is 0 Å². The minimum Gasteiger partial charge on any atom is -0.424 e. The molecule has 0 aliphatic carbocycles. The van der Waals surface area contributed by atoms with Crippen LogP contribution in [0.5, 0.6) is 5.75 Å². The maximum Gasteiger partial charge on any atom is 0.416 e. The first-order valence-corrected chi connectivity index (χ1v) is 3.86. The Morgan fingerprint density at radius 3 is 2.40 bits per heavy atom. The lowest BCUT2D eigenvalue weighted by Gasteiger charge is -2.08. The highest BCUT2D eigenvalue weighted by Gasteiger charge is 2.31. The van der Waals surface area contributed by atoms with Crippen molar-refractivity contribution >= 4 is 5.97 Å². The van der Waals surface area contributed by atoms with E-state index in [0.717, 1.165) is 6.92 Å². The van der Waals surface area contributed by atoms with Gasteiger partial charge >= 0.3 is 12.1 Å². The smallest absolute Gasteiger partial charge is 0.416 e. The van der Waals surface area contributed by atoms with Crippen LogP contribution in [0.15, 0.2) is 18.2 Å². The van der Waals surface area contributed by atoms with Crippen LogP contribution in [-0.2, 0) is 11.0 Å². The number of alkyl halides is 3. The van der Waals surface area contributed by atoms with Gasteiger partial charge in [-0.1, -0.05) is 0 Å². The molecule has 0 saturated heterocycles. The lowest BCUT2D eigenvalue weighted by Crippen LogP contribution is -2.08. The van der Waals surface area contributed by atoms with Gasteiger partial charge in [0.15, 0.2) is 11.6 Å². The highest BCUT2D eigenvalue weighted by atomic mass is 19.4. The van der Waals surface area contributed by atoms with Gasteiger partial charge in [-0.15, -0.1) is 0 Å². The Morgan fingerprint density at radius 1 is 1.33 bits per heavy atom. The Labute approximate surface area is 82.5 Å². The molecular formula is C9H6F4O2. The fourth-order valence-electron chi connectivity index (χ4n) is 0.913. The average molecular weight is 222 g/mol. The van der Waals surface area contributed by atoms with Gasteiger partial charge in [0.1, 0.15) is 0 Å². The summed E-state index contributed by atoms with van der Waals surface area (Å²) < 4.78 is 53.7. The lowest BCUT2D eigenvalue weighted by atomic mass is 10.2. The second kappa shape index (κ2) is 3.88. The fraction of sp³-hybridized carbons (Fsp3) is 0.222. The zero-order valence-corrected chi connectivity index (χ0v) is 7.56. The maximum atomic E-state index is 12.9. The highest BCUT2D eigenvalue weighted by Crippen LogP contribution is 2.32. The highest BCUT2D eigenvalue weighted by molar-refractivity contribution is 5.69. The molecule has 0 aromatic heterocycles. The summed E-state index contributed by atoms with van der Waals surface area (Å²) in [5, 5.41) is 0. The quantitative estimate of drug-likeness (QED) is 0.415. The zero-order chi connectivity index (χ0) is 11.6. The molecule has 0 unspecified atom stereocenters. The van der Waals surface area contributed by atoms with Crippen LogP contribution in [0, 0.1) is 5.82 Å². The molecule has 0 amide bonds. The first-order valence-electron chi connectivity index (χ1n) is 3.86. The van der Waals surface area contributed by atoms with Crippen molar-refractivity contribution in [3.05, 3.63) is 29.6 Å². The summed E-state index contributed by atoms with van der Waals surface area (Å²) in [6.07, 6.45) is -4.59. The molecule has 1 rings (SSSR count). The Balaban J connectivity index is 3.11. The molecule has 0 aliphatic rings. The van der Waals surface area contributed by atoms with Gasteiger partial charge in [-0.2, -0.15) is 13.2 Å².